The largest absolute Gasteiger partial charge is 0.573 e. The summed E-state index contributed by atoms with van der Waals surface area (Å²) in [5, 5.41) is 3.35. The maximum Gasteiger partial charge on any atom is 0.573 e. The minimum Gasteiger partial charge on any atom is -0.406 e. The van der Waals surface area contributed by atoms with Crippen molar-refractivity contribution < 1.29 is 22.6 Å². The molecule has 1 N–H and O–H groups in total. The predicted molar refractivity (Wildman–Crippen MR) is 75.4 cm³/mol. The number of hydrogen-bond acceptors (Lipinski definition) is 3. The molecular weight excluding hydrogens is 283 g/mol. The Morgan fingerprint density at radius 1 is 1.14 bits per heavy atom. The van der Waals surface area contributed by atoms with Crippen molar-refractivity contribution in [3.8, 4) is 5.75 Å². The number of ether oxygens (including phenoxy) is 2. The fourth-order valence-corrected chi connectivity index (χ4v) is 2.05. The van der Waals surface area contributed by atoms with Crippen LogP contribution in [0.2, 0.25) is 0 Å². The van der Waals surface area contributed by atoms with Gasteiger partial charge in [0.05, 0.1) is 0 Å². The van der Waals surface area contributed by atoms with E-state index >= 15 is 0 Å². The molecule has 1 aromatic carbocycles. The number of likely N-dealkylation sites (N-methyl/N-ethyl adjacent to an activating group) is 1. The van der Waals surface area contributed by atoms with E-state index in [9.17, 15) is 13.2 Å². The molecule has 3 nitrogen and oxygen atoms in total. The van der Waals surface area contributed by atoms with Crippen LogP contribution in [0, 0.1) is 0 Å². The molecule has 0 amide bonds. The van der Waals surface area contributed by atoms with Gasteiger partial charge in [0.25, 0.3) is 0 Å². The fourth-order valence-electron chi connectivity index (χ4n) is 2.05. The maximum absolute atomic E-state index is 12.1. The van der Waals surface area contributed by atoms with Gasteiger partial charge in [-0.05, 0) is 44.0 Å². The Bertz CT molecular complexity index is 393. The molecule has 1 atom stereocenters. The molecule has 1 rings (SSSR count). The third-order valence-electron chi connectivity index (χ3n) is 2.95. The Hall–Kier alpha value is -1.27. The summed E-state index contributed by atoms with van der Waals surface area (Å²) in [7, 11) is 0. The van der Waals surface area contributed by atoms with Crippen molar-refractivity contribution in [1.82, 2.24) is 5.32 Å². The first-order valence-corrected chi connectivity index (χ1v) is 7.10. The molecule has 0 aliphatic carbocycles. The second-order valence-corrected chi connectivity index (χ2v) is 4.64. The van der Waals surface area contributed by atoms with Crippen LogP contribution in [0.15, 0.2) is 24.3 Å². The van der Waals surface area contributed by atoms with E-state index in [0.29, 0.717) is 13.2 Å². The van der Waals surface area contributed by atoms with Crippen molar-refractivity contribution in [2.75, 3.05) is 19.8 Å². The summed E-state index contributed by atoms with van der Waals surface area (Å²) < 4.78 is 45.4. The standard InChI is InChI=1S/C15H22F3NO2/c1-3-19-13(9-10-20-4-2)11-12-5-7-14(8-6-12)21-15(16,17)18/h5-8,13,19H,3-4,9-11H2,1-2H3. The highest BCUT2D eigenvalue weighted by atomic mass is 19.4. The molecule has 1 aromatic rings. The van der Waals surface area contributed by atoms with Crippen molar-refractivity contribution in [2.45, 2.75) is 39.1 Å². The van der Waals surface area contributed by atoms with Gasteiger partial charge in [-0.1, -0.05) is 19.1 Å². The zero-order valence-electron chi connectivity index (χ0n) is 12.4. The van der Waals surface area contributed by atoms with E-state index in [1.54, 1.807) is 12.1 Å². The van der Waals surface area contributed by atoms with Crippen LogP contribution >= 0.6 is 0 Å². The summed E-state index contributed by atoms with van der Waals surface area (Å²) in [6, 6.07) is 6.25. The van der Waals surface area contributed by atoms with Gasteiger partial charge in [-0.2, -0.15) is 0 Å². The highest BCUT2D eigenvalue weighted by molar-refractivity contribution is 5.28. The molecule has 1 unspecified atom stereocenters. The van der Waals surface area contributed by atoms with Crippen molar-refractivity contribution >= 4 is 0 Å². The van der Waals surface area contributed by atoms with E-state index in [4.69, 9.17) is 4.74 Å². The number of benzene rings is 1. The molecule has 0 saturated heterocycles. The van der Waals surface area contributed by atoms with E-state index in [0.717, 1.165) is 24.9 Å². The Kier molecular flexibility index (Phi) is 7.53. The predicted octanol–water partition coefficient (Wildman–Crippen LogP) is 3.53. The lowest BCUT2D eigenvalue weighted by atomic mass is 10.0. The first kappa shape index (κ1) is 17.8. The second-order valence-electron chi connectivity index (χ2n) is 4.64. The molecule has 0 heterocycles. The summed E-state index contributed by atoms with van der Waals surface area (Å²) >= 11 is 0. The lowest BCUT2D eigenvalue weighted by Crippen LogP contribution is -2.32. The number of alkyl halides is 3. The summed E-state index contributed by atoms with van der Waals surface area (Å²) in [4.78, 5) is 0. The van der Waals surface area contributed by atoms with Crippen LogP contribution in [-0.4, -0.2) is 32.2 Å². The molecule has 120 valence electrons. The molecule has 6 heteroatoms. The number of halogens is 3. The van der Waals surface area contributed by atoms with Gasteiger partial charge in [0.2, 0.25) is 0 Å². The van der Waals surface area contributed by atoms with E-state index in [1.807, 2.05) is 13.8 Å². The van der Waals surface area contributed by atoms with Gasteiger partial charge in [-0.15, -0.1) is 13.2 Å². The first-order valence-electron chi connectivity index (χ1n) is 7.10. The molecule has 0 aliphatic rings. The number of nitrogens with one attached hydrogen (secondary N) is 1. The van der Waals surface area contributed by atoms with Crippen LogP contribution in [0.4, 0.5) is 13.2 Å². The van der Waals surface area contributed by atoms with Gasteiger partial charge in [-0.25, -0.2) is 0 Å². The smallest absolute Gasteiger partial charge is 0.406 e. The van der Waals surface area contributed by atoms with Crippen LogP contribution in [0.5, 0.6) is 5.75 Å². The number of rotatable bonds is 9. The quantitative estimate of drug-likeness (QED) is 0.708. The highest BCUT2D eigenvalue weighted by Gasteiger charge is 2.30. The zero-order chi connectivity index (χ0) is 15.7. The molecule has 0 fully saturated rings. The molecule has 0 radical (unpaired) electrons. The minimum atomic E-state index is -4.65. The van der Waals surface area contributed by atoms with E-state index < -0.39 is 6.36 Å². The van der Waals surface area contributed by atoms with Gasteiger partial charge >= 0.3 is 6.36 Å². The zero-order valence-corrected chi connectivity index (χ0v) is 12.4. The Labute approximate surface area is 123 Å². The van der Waals surface area contributed by atoms with Crippen LogP contribution in [-0.2, 0) is 11.2 Å². The minimum absolute atomic E-state index is 0.194. The van der Waals surface area contributed by atoms with E-state index in [-0.39, 0.29) is 11.8 Å². The molecule has 21 heavy (non-hydrogen) atoms. The summed E-state index contributed by atoms with van der Waals surface area (Å²) in [6.45, 7) is 6.16. The fraction of sp³-hybridized carbons (Fsp3) is 0.600. The van der Waals surface area contributed by atoms with Crippen molar-refractivity contribution in [2.24, 2.45) is 0 Å². The first-order chi connectivity index (χ1) is 9.94. The summed E-state index contributed by atoms with van der Waals surface area (Å²) in [6.07, 6.45) is -3.04. The second kappa shape index (κ2) is 8.89. The van der Waals surface area contributed by atoms with Crippen molar-refractivity contribution in [3.63, 3.8) is 0 Å². The van der Waals surface area contributed by atoms with Gasteiger partial charge in [0.15, 0.2) is 0 Å². The topological polar surface area (TPSA) is 30.5 Å². The lowest BCUT2D eigenvalue weighted by Gasteiger charge is -2.18. The van der Waals surface area contributed by atoms with Crippen molar-refractivity contribution in [3.05, 3.63) is 29.8 Å². The van der Waals surface area contributed by atoms with Crippen LogP contribution in [0.3, 0.4) is 0 Å². The average molecular weight is 305 g/mol. The molecule has 0 aromatic heterocycles. The van der Waals surface area contributed by atoms with Gasteiger partial charge in [-0.3, -0.25) is 0 Å². The third kappa shape index (κ3) is 7.92. The lowest BCUT2D eigenvalue weighted by molar-refractivity contribution is -0.274. The SMILES string of the molecule is CCNC(CCOCC)Cc1ccc(OC(F)(F)F)cc1. The molecular formula is C15H22F3NO2. The van der Waals surface area contributed by atoms with Crippen LogP contribution in [0.1, 0.15) is 25.8 Å². The Morgan fingerprint density at radius 3 is 2.33 bits per heavy atom. The molecule has 0 aliphatic heterocycles. The van der Waals surface area contributed by atoms with Gasteiger partial charge in [0, 0.05) is 19.3 Å². The van der Waals surface area contributed by atoms with Gasteiger partial charge < -0.3 is 14.8 Å². The highest BCUT2D eigenvalue weighted by Crippen LogP contribution is 2.23. The Balaban J connectivity index is 2.54. The molecule has 0 saturated carbocycles. The summed E-state index contributed by atoms with van der Waals surface area (Å²) in [5.41, 5.74) is 0.965. The van der Waals surface area contributed by atoms with E-state index in [1.165, 1.54) is 12.1 Å². The van der Waals surface area contributed by atoms with Crippen LogP contribution < -0.4 is 10.1 Å². The van der Waals surface area contributed by atoms with Gasteiger partial charge in [0.1, 0.15) is 5.75 Å². The number of hydrogen-bond donors (Lipinski definition) is 1. The van der Waals surface area contributed by atoms with Crippen molar-refractivity contribution in [1.29, 1.82) is 0 Å². The Morgan fingerprint density at radius 2 is 1.81 bits per heavy atom. The third-order valence-corrected chi connectivity index (χ3v) is 2.95. The molecule has 0 bridgehead atoms. The van der Waals surface area contributed by atoms with E-state index in [2.05, 4.69) is 10.1 Å². The average Bonchev–Trinajstić information content (AvgIpc) is 2.40. The molecule has 0 spiro atoms. The maximum atomic E-state index is 12.1. The normalized spacial score (nSPS) is 13.2. The summed E-state index contributed by atoms with van der Waals surface area (Å²) in [5.74, 6) is -0.194. The monoisotopic (exact) mass is 305 g/mol. The van der Waals surface area contributed by atoms with Crippen LogP contribution in [0.25, 0.3) is 0 Å².